The highest BCUT2D eigenvalue weighted by Crippen LogP contribution is 2.68. The molecule has 1 fully saturated rings. The molecule has 0 aliphatic heterocycles. The van der Waals surface area contributed by atoms with Crippen LogP contribution in [0.15, 0.2) is 42.5 Å². The zero-order chi connectivity index (χ0) is 50.8. The quantitative estimate of drug-likeness (QED) is 0.0577. The number of halogens is 8. The molecule has 2 amide bonds. The van der Waals surface area contributed by atoms with Gasteiger partial charge in [0.05, 0.1) is 33.9 Å². The van der Waals surface area contributed by atoms with Crippen molar-refractivity contribution < 1.29 is 57.2 Å². The summed E-state index contributed by atoms with van der Waals surface area (Å²) in [5.74, 6) is -5.21. The van der Waals surface area contributed by atoms with Crippen molar-refractivity contribution in [1.82, 2.24) is 29.9 Å². The highest BCUT2D eigenvalue weighted by atomic mass is 35.5. The third-order valence-electron chi connectivity index (χ3n) is 12.3. The molecule has 0 radical (unpaired) electrons. The number of unbranched alkanes of at least 4 members (excludes halogenated alkanes) is 4. The van der Waals surface area contributed by atoms with Gasteiger partial charge in [-0.15, -0.1) is 0 Å². The third kappa shape index (κ3) is 10.4. The fourth-order valence-corrected chi connectivity index (χ4v) is 10.0. The monoisotopic (exact) mass is 1030 g/mol. The molecule has 69 heavy (non-hydrogen) atoms. The number of alkyl halides is 5. The Labute approximate surface area is 398 Å². The van der Waals surface area contributed by atoms with E-state index in [-0.39, 0.29) is 62.7 Å². The molecule has 3 aromatic heterocycles. The lowest BCUT2D eigenvalue weighted by atomic mass is 9.93. The lowest BCUT2D eigenvalue weighted by molar-refractivity contribution is -0.142. The molecule has 13 nitrogen and oxygen atoms in total. The molecule has 0 saturated heterocycles. The number of aromatic nitrogens is 5. The summed E-state index contributed by atoms with van der Waals surface area (Å²) in [5, 5.41) is 10.5. The van der Waals surface area contributed by atoms with E-state index in [0.29, 0.717) is 27.9 Å². The maximum Gasteiger partial charge on any atom is 0.435 e. The third-order valence-corrected chi connectivity index (χ3v) is 15.6. The van der Waals surface area contributed by atoms with Gasteiger partial charge < -0.3 is 5.32 Å². The molecule has 7 rings (SSSR count). The maximum absolute atomic E-state index is 15.6. The Morgan fingerprint density at radius 1 is 0.971 bits per heavy atom. The number of pyridine rings is 1. The summed E-state index contributed by atoms with van der Waals surface area (Å²) in [5.41, 5.74) is -3.21. The number of aryl methyl sites for hydroxylation is 1. The summed E-state index contributed by atoms with van der Waals surface area (Å²) >= 11 is 6.80. The second kappa shape index (κ2) is 18.7. The molecule has 0 bridgehead atoms. The van der Waals surface area contributed by atoms with Crippen LogP contribution in [0.5, 0.6) is 0 Å². The van der Waals surface area contributed by atoms with E-state index in [2.05, 4.69) is 27.4 Å². The summed E-state index contributed by atoms with van der Waals surface area (Å²) in [6.07, 6.45) is -0.414. The van der Waals surface area contributed by atoms with Crippen molar-refractivity contribution in [3.05, 3.63) is 93.0 Å². The van der Waals surface area contributed by atoms with Crippen LogP contribution < -0.4 is 9.62 Å². The van der Waals surface area contributed by atoms with E-state index < -0.39 is 108 Å². The number of carbonyl (C=O) groups is 2. The lowest BCUT2D eigenvalue weighted by Gasteiger charge is -2.23. The Bertz CT molecular complexity index is 3160. The normalized spacial score (nSPS) is 17.0. The number of nitrogens with zero attached hydrogens (tertiary/aromatic N) is 6. The van der Waals surface area contributed by atoms with Gasteiger partial charge in [-0.2, -0.15) is 36.5 Å². The molecule has 3 heterocycles. The van der Waals surface area contributed by atoms with Crippen molar-refractivity contribution >= 4 is 60.0 Å². The smallest absolute Gasteiger partial charge is 0.346 e. The van der Waals surface area contributed by atoms with Gasteiger partial charge in [-0.25, -0.2) is 30.6 Å². The van der Waals surface area contributed by atoms with Gasteiger partial charge in [0, 0.05) is 48.4 Å². The number of rotatable bonds is 16. The van der Waals surface area contributed by atoms with Gasteiger partial charge in [0.25, 0.3) is 5.92 Å². The molecular formula is C46H47ClF7N7O6S2. The largest absolute Gasteiger partial charge is 0.435 e. The molecule has 0 unspecified atom stereocenters. The molecule has 23 heteroatoms. The predicted molar refractivity (Wildman–Crippen MR) is 243 cm³/mol. The number of amides is 2. The van der Waals surface area contributed by atoms with E-state index >= 15 is 8.78 Å². The molecule has 5 aromatic rings. The Hall–Kier alpha value is -5.53. The fraction of sp³-hybridized carbons (Fsp3) is 0.457. The van der Waals surface area contributed by atoms with Gasteiger partial charge in [0.2, 0.25) is 21.8 Å². The van der Waals surface area contributed by atoms with Crippen molar-refractivity contribution in [3.8, 4) is 23.0 Å². The second-order valence-corrected chi connectivity index (χ2v) is 22.8. The van der Waals surface area contributed by atoms with E-state index in [1.165, 1.54) is 49.8 Å². The van der Waals surface area contributed by atoms with Crippen LogP contribution in [0.25, 0.3) is 22.0 Å². The number of hydrogen-bond acceptors (Lipinski definition) is 9. The van der Waals surface area contributed by atoms with Crippen LogP contribution in [-0.4, -0.2) is 70.5 Å². The Morgan fingerprint density at radius 2 is 1.62 bits per heavy atom. The number of anilines is 1. The Balaban J connectivity index is 1.41. The predicted octanol–water partition coefficient (Wildman–Crippen LogP) is 8.92. The molecule has 370 valence electrons. The first-order valence-electron chi connectivity index (χ1n) is 21.8. The van der Waals surface area contributed by atoms with Crippen LogP contribution in [0.4, 0.5) is 36.6 Å². The topological polar surface area (TPSA) is 166 Å². The van der Waals surface area contributed by atoms with E-state index in [4.69, 9.17) is 16.6 Å². The number of fused-ring (bicyclic) bond motifs is 4. The average Bonchev–Trinajstić information content (AvgIpc) is 3.76. The number of carbonyl (C=O) groups excluding carboxylic acids is 2. The van der Waals surface area contributed by atoms with Crippen molar-refractivity contribution in [2.24, 2.45) is 13.0 Å². The Morgan fingerprint density at radius 3 is 2.25 bits per heavy atom. The summed E-state index contributed by atoms with van der Waals surface area (Å²) in [6.45, 7) is 3.54. The van der Waals surface area contributed by atoms with E-state index in [0.717, 1.165) is 43.9 Å². The van der Waals surface area contributed by atoms with Crippen LogP contribution >= 0.6 is 11.6 Å². The standard InChI is InChI=1S/C46H47ClF7N7O6S2/c1-7-8-9-10-11-12-36(63)61(69(6,66)67)43-38-33(47)16-15-30(40(38)59(4)58-43)29-14-13-28(17-18-44(2,3)68(5,64)65)55-39(29)34(21-25-19-26(48)22-27(49)20-25)56-35(62)24-60-42-37(41(57-60)46(52,53)54)31-23-32(31)45(42,50)51/h13-16,19-20,22,31-32,34H,7-12,21,23-24H2,1-6H3,(H,56,62)/t31-,32+,34-/m0/s1. The highest BCUT2D eigenvalue weighted by molar-refractivity contribution is 7.93. The second-order valence-electron chi connectivity index (χ2n) is 18.0. The van der Waals surface area contributed by atoms with E-state index in [9.17, 15) is 48.4 Å². The molecule has 1 N–H and O–H groups in total. The molecule has 3 atom stereocenters. The van der Waals surface area contributed by atoms with Gasteiger partial charge in [-0.3, -0.25) is 19.0 Å². The number of hydrogen-bond donors (Lipinski definition) is 1. The lowest BCUT2D eigenvalue weighted by Crippen LogP contribution is -2.36. The molecule has 2 aliphatic carbocycles. The summed E-state index contributed by atoms with van der Waals surface area (Å²) in [6, 6.07) is 6.63. The maximum atomic E-state index is 15.6. The number of sulfone groups is 1. The first kappa shape index (κ1) is 51.3. The summed E-state index contributed by atoms with van der Waals surface area (Å²) < 4.78 is 156. The van der Waals surface area contributed by atoms with Crippen LogP contribution in [0.3, 0.4) is 0 Å². The molecule has 0 spiro atoms. The number of sulfonamides is 1. The first-order chi connectivity index (χ1) is 32.0. The molecule has 2 aliphatic rings. The van der Waals surface area contributed by atoms with Crippen molar-refractivity contribution in [2.45, 2.75) is 107 Å². The van der Waals surface area contributed by atoms with Crippen LogP contribution in [0.1, 0.15) is 112 Å². The van der Waals surface area contributed by atoms with Gasteiger partial charge in [-0.1, -0.05) is 56.2 Å². The molecule has 2 aromatic carbocycles. The zero-order valence-electron chi connectivity index (χ0n) is 38.1. The fourth-order valence-electron chi connectivity index (χ4n) is 8.65. The minimum absolute atomic E-state index is 0.00841. The van der Waals surface area contributed by atoms with Crippen molar-refractivity contribution in [2.75, 3.05) is 16.8 Å². The molecule has 1 saturated carbocycles. The van der Waals surface area contributed by atoms with E-state index in [1.54, 1.807) is 0 Å². The van der Waals surface area contributed by atoms with Gasteiger partial charge in [0.1, 0.15) is 34.3 Å². The van der Waals surface area contributed by atoms with Crippen LogP contribution in [0.2, 0.25) is 5.02 Å². The van der Waals surface area contributed by atoms with Crippen molar-refractivity contribution in [3.63, 3.8) is 0 Å². The number of nitrogens with one attached hydrogen (secondary N) is 1. The SMILES string of the molecule is CCCCCCCC(=O)N(c1nn(C)c2c(-c3ccc(C#CC(C)(C)S(C)(=O)=O)nc3[C@H](Cc3cc(F)cc(F)c3)NC(=O)Cn3nc(C(F)(F)F)c4c3C(F)(F)[C@@H]3C[C@H]43)ccc(Cl)c12)S(C)(=O)=O. The minimum Gasteiger partial charge on any atom is -0.346 e. The van der Waals surface area contributed by atoms with Crippen molar-refractivity contribution in [1.29, 1.82) is 0 Å². The Kier molecular flexibility index (Phi) is 13.9. The van der Waals surface area contributed by atoms with Crippen LogP contribution in [-0.2, 0) is 61.6 Å². The van der Waals surface area contributed by atoms with E-state index in [1.807, 2.05) is 6.92 Å². The van der Waals surface area contributed by atoms with Gasteiger partial charge in [0.15, 0.2) is 21.3 Å². The summed E-state index contributed by atoms with van der Waals surface area (Å²) in [7, 11) is -6.69. The summed E-state index contributed by atoms with van der Waals surface area (Å²) in [4.78, 5) is 32.6. The zero-order valence-corrected chi connectivity index (χ0v) is 40.5. The van der Waals surface area contributed by atoms with Gasteiger partial charge in [-0.05, 0) is 80.8 Å². The highest BCUT2D eigenvalue weighted by Gasteiger charge is 2.68. The minimum atomic E-state index is -5.13. The van der Waals surface area contributed by atoms with Crippen LogP contribution in [0, 0.1) is 29.4 Å². The average molecular weight is 1030 g/mol. The van der Waals surface area contributed by atoms with Gasteiger partial charge >= 0.3 is 6.18 Å². The number of benzene rings is 2. The first-order valence-corrected chi connectivity index (χ1v) is 25.9. The molecular weight excluding hydrogens is 979 g/mol.